The van der Waals surface area contributed by atoms with E-state index in [1.807, 2.05) is 13.0 Å². The lowest BCUT2D eigenvalue weighted by molar-refractivity contribution is -0.140. The van der Waals surface area contributed by atoms with Gasteiger partial charge in [-0.3, -0.25) is 14.7 Å². The molecule has 0 aliphatic rings. The van der Waals surface area contributed by atoms with Crippen LogP contribution in [0.4, 0.5) is 0 Å². The van der Waals surface area contributed by atoms with E-state index in [-0.39, 0.29) is 12.5 Å². The van der Waals surface area contributed by atoms with Crippen LogP contribution in [0.5, 0.6) is 0 Å². The van der Waals surface area contributed by atoms with Crippen LogP contribution in [0, 0.1) is 12.8 Å². The number of hydrogen-bond acceptors (Lipinski definition) is 3. The van der Waals surface area contributed by atoms with Crippen LogP contribution in [0.25, 0.3) is 10.9 Å². The van der Waals surface area contributed by atoms with Crippen LogP contribution >= 0.6 is 0 Å². The number of nitrogens with zero attached hydrogens (tertiary/aromatic N) is 1. The Labute approximate surface area is 109 Å². The fourth-order valence-electron chi connectivity index (χ4n) is 1.81. The Morgan fingerprint density at radius 1 is 1.47 bits per heavy atom. The summed E-state index contributed by atoms with van der Waals surface area (Å²) in [7, 11) is 0. The number of H-pyrrole nitrogens is 1. The van der Waals surface area contributed by atoms with Crippen molar-refractivity contribution in [2.24, 2.45) is 5.92 Å². The van der Waals surface area contributed by atoms with Crippen LogP contribution in [-0.4, -0.2) is 33.7 Å². The molecule has 6 nitrogen and oxygen atoms in total. The van der Waals surface area contributed by atoms with E-state index < -0.39 is 11.9 Å². The van der Waals surface area contributed by atoms with Crippen molar-refractivity contribution in [1.29, 1.82) is 0 Å². The van der Waals surface area contributed by atoms with E-state index in [9.17, 15) is 9.59 Å². The molecule has 0 fully saturated rings. The first-order chi connectivity index (χ1) is 8.99. The highest BCUT2D eigenvalue weighted by Crippen LogP contribution is 2.18. The minimum atomic E-state index is -0.934. The van der Waals surface area contributed by atoms with E-state index in [4.69, 9.17) is 5.11 Å². The highest BCUT2D eigenvalue weighted by Gasteiger charge is 2.16. The number of benzene rings is 1. The number of hydrogen-bond donors (Lipinski definition) is 3. The zero-order chi connectivity index (χ0) is 14.0. The summed E-state index contributed by atoms with van der Waals surface area (Å²) >= 11 is 0. The van der Waals surface area contributed by atoms with Crippen molar-refractivity contribution >= 4 is 22.8 Å². The van der Waals surface area contributed by atoms with Crippen LogP contribution in [0.1, 0.15) is 22.8 Å². The van der Waals surface area contributed by atoms with Gasteiger partial charge in [-0.1, -0.05) is 6.92 Å². The highest BCUT2D eigenvalue weighted by molar-refractivity contribution is 6.05. The molecule has 2 aromatic rings. The Hall–Kier alpha value is -2.37. The van der Waals surface area contributed by atoms with E-state index in [0.29, 0.717) is 11.1 Å². The fourth-order valence-corrected chi connectivity index (χ4v) is 1.81. The smallest absolute Gasteiger partial charge is 0.308 e. The first kappa shape index (κ1) is 13.1. The van der Waals surface area contributed by atoms with Gasteiger partial charge in [-0.15, -0.1) is 0 Å². The molecule has 1 heterocycles. The molecular weight excluding hydrogens is 246 g/mol. The van der Waals surface area contributed by atoms with Crippen LogP contribution in [-0.2, 0) is 4.79 Å². The number of aryl methyl sites for hydroxylation is 1. The van der Waals surface area contributed by atoms with Crippen molar-refractivity contribution in [3.8, 4) is 0 Å². The first-order valence-electron chi connectivity index (χ1n) is 5.93. The Morgan fingerprint density at radius 2 is 2.21 bits per heavy atom. The normalized spacial score (nSPS) is 12.3. The maximum atomic E-state index is 12.1. The number of aromatic amines is 1. The van der Waals surface area contributed by atoms with Crippen molar-refractivity contribution in [3.63, 3.8) is 0 Å². The summed E-state index contributed by atoms with van der Waals surface area (Å²) in [4.78, 5) is 22.8. The number of amides is 1. The second-order valence-corrected chi connectivity index (χ2v) is 4.60. The fraction of sp³-hybridized carbons (Fsp3) is 0.308. The number of carboxylic acids is 1. The number of carboxylic acid groups (broad SMARTS) is 1. The van der Waals surface area contributed by atoms with Gasteiger partial charge in [0.15, 0.2) is 0 Å². The van der Waals surface area contributed by atoms with Gasteiger partial charge in [0.25, 0.3) is 5.91 Å². The van der Waals surface area contributed by atoms with Gasteiger partial charge in [0.1, 0.15) is 0 Å². The van der Waals surface area contributed by atoms with E-state index in [2.05, 4.69) is 15.5 Å². The zero-order valence-electron chi connectivity index (χ0n) is 10.7. The number of fused-ring (bicyclic) bond motifs is 1. The average Bonchev–Trinajstić information content (AvgIpc) is 2.81. The average molecular weight is 261 g/mol. The molecule has 0 saturated carbocycles. The van der Waals surface area contributed by atoms with E-state index in [1.165, 1.54) is 0 Å². The summed E-state index contributed by atoms with van der Waals surface area (Å²) < 4.78 is 0. The van der Waals surface area contributed by atoms with Gasteiger partial charge >= 0.3 is 5.97 Å². The molecule has 100 valence electrons. The van der Waals surface area contributed by atoms with E-state index in [1.54, 1.807) is 19.2 Å². The number of rotatable bonds is 4. The molecule has 1 aromatic carbocycles. The summed E-state index contributed by atoms with van der Waals surface area (Å²) in [5, 5.41) is 18.9. The molecule has 0 saturated heterocycles. The van der Waals surface area contributed by atoms with Crippen LogP contribution in [0.15, 0.2) is 18.3 Å². The monoisotopic (exact) mass is 261 g/mol. The van der Waals surface area contributed by atoms with Crippen LogP contribution < -0.4 is 5.32 Å². The molecule has 0 aliphatic heterocycles. The van der Waals surface area contributed by atoms with Crippen molar-refractivity contribution in [1.82, 2.24) is 15.5 Å². The highest BCUT2D eigenvalue weighted by atomic mass is 16.4. The molecule has 1 aromatic heterocycles. The number of nitrogens with one attached hydrogen (secondary N) is 2. The molecule has 1 unspecified atom stereocenters. The number of carbonyl (C=O) groups is 2. The molecule has 0 radical (unpaired) electrons. The molecule has 0 aliphatic carbocycles. The second kappa shape index (κ2) is 5.09. The third kappa shape index (κ3) is 2.73. The number of aromatic nitrogens is 2. The van der Waals surface area contributed by atoms with Gasteiger partial charge < -0.3 is 10.4 Å². The number of aliphatic carboxylic acids is 1. The molecule has 0 bridgehead atoms. The van der Waals surface area contributed by atoms with Crippen LogP contribution in [0.3, 0.4) is 0 Å². The zero-order valence-corrected chi connectivity index (χ0v) is 10.7. The molecular formula is C13H15N3O3. The molecule has 1 amide bonds. The molecule has 0 spiro atoms. The Kier molecular flexibility index (Phi) is 3.50. The third-order valence-corrected chi connectivity index (χ3v) is 2.93. The van der Waals surface area contributed by atoms with Crippen molar-refractivity contribution < 1.29 is 14.7 Å². The van der Waals surface area contributed by atoms with Crippen LogP contribution in [0.2, 0.25) is 0 Å². The second-order valence-electron chi connectivity index (χ2n) is 4.60. The number of carbonyl (C=O) groups excluding carboxylic acids is 1. The largest absolute Gasteiger partial charge is 0.481 e. The van der Waals surface area contributed by atoms with Gasteiger partial charge in [-0.2, -0.15) is 5.10 Å². The van der Waals surface area contributed by atoms with Crippen molar-refractivity contribution in [2.75, 3.05) is 6.54 Å². The van der Waals surface area contributed by atoms with Gasteiger partial charge in [-0.05, 0) is 24.6 Å². The standard InChI is InChI=1S/C13H15N3O3/c1-7-3-9-6-15-16-11(9)10(4-7)12(17)14-5-8(2)13(18)19/h3-4,6,8H,5H2,1-2H3,(H,14,17)(H,15,16)(H,18,19). The van der Waals surface area contributed by atoms with Crippen molar-refractivity contribution in [3.05, 3.63) is 29.5 Å². The lowest BCUT2D eigenvalue weighted by Gasteiger charge is -2.09. The molecule has 6 heteroatoms. The molecule has 19 heavy (non-hydrogen) atoms. The Morgan fingerprint density at radius 3 is 2.89 bits per heavy atom. The van der Waals surface area contributed by atoms with E-state index >= 15 is 0 Å². The summed E-state index contributed by atoms with van der Waals surface area (Å²) in [6.07, 6.45) is 1.65. The maximum absolute atomic E-state index is 12.1. The maximum Gasteiger partial charge on any atom is 0.308 e. The third-order valence-electron chi connectivity index (χ3n) is 2.93. The topological polar surface area (TPSA) is 95.1 Å². The Bertz CT molecular complexity index is 633. The Balaban J connectivity index is 2.21. The summed E-state index contributed by atoms with van der Waals surface area (Å²) in [6, 6.07) is 3.68. The molecule has 2 rings (SSSR count). The molecule has 1 atom stereocenters. The van der Waals surface area contributed by atoms with Gasteiger partial charge in [0.05, 0.1) is 23.2 Å². The lowest BCUT2D eigenvalue weighted by Crippen LogP contribution is -2.31. The quantitative estimate of drug-likeness (QED) is 0.773. The van der Waals surface area contributed by atoms with Gasteiger partial charge in [-0.25, -0.2) is 0 Å². The van der Waals surface area contributed by atoms with Gasteiger partial charge in [0.2, 0.25) is 0 Å². The summed E-state index contributed by atoms with van der Waals surface area (Å²) in [5.41, 5.74) is 2.08. The van der Waals surface area contributed by atoms with E-state index in [0.717, 1.165) is 10.9 Å². The predicted octanol–water partition coefficient (Wildman–Crippen LogP) is 1.32. The minimum absolute atomic E-state index is 0.0950. The van der Waals surface area contributed by atoms with Gasteiger partial charge in [0, 0.05) is 11.9 Å². The SMILES string of the molecule is Cc1cc(C(=O)NCC(C)C(=O)O)c2[nH]ncc2c1. The molecule has 3 N–H and O–H groups in total. The summed E-state index contributed by atoms with van der Waals surface area (Å²) in [6.45, 7) is 3.53. The summed E-state index contributed by atoms with van der Waals surface area (Å²) in [5.74, 6) is -1.85. The first-order valence-corrected chi connectivity index (χ1v) is 5.93. The van der Waals surface area contributed by atoms with Crippen molar-refractivity contribution in [2.45, 2.75) is 13.8 Å². The lowest BCUT2D eigenvalue weighted by atomic mass is 10.1. The minimum Gasteiger partial charge on any atom is -0.481 e. The predicted molar refractivity (Wildman–Crippen MR) is 70.0 cm³/mol.